The molecule has 8 heteroatoms. The number of nitrogens with one attached hydrogen (secondary N) is 1. The van der Waals surface area contributed by atoms with Gasteiger partial charge in [0.2, 0.25) is 5.58 Å². The van der Waals surface area contributed by atoms with Crippen molar-refractivity contribution in [1.29, 1.82) is 0 Å². The first kappa shape index (κ1) is 18.6. The Morgan fingerprint density at radius 3 is 2.64 bits per heavy atom. The number of hydrogen-bond acceptors (Lipinski definition) is 7. The van der Waals surface area contributed by atoms with Crippen LogP contribution in [0.5, 0.6) is 0 Å². The van der Waals surface area contributed by atoms with Crippen molar-refractivity contribution < 1.29 is 18.8 Å². The van der Waals surface area contributed by atoms with Gasteiger partial charge in [0.15, 0.2) is 11.6 Å². The van der Waals surface area contributed by atoms with Gasteiger partial charge in [-0.15, -0.1) is 0 Å². The van der Waals surface area contributed by atoms with Crippen molar-refractivity contribution >= 4 is 22.5 Å². The zero-order chi connectivity index (χ0) is 19.7. The van der Waals surface area contributed by atoms with Gasteiger partial charge >= 0.3 is 0 Å². The summed E-state index contributed by atoms with van der Waals surface area (Å²) < 4.78 is 26.4. The fourth-order valence-electron chi connectivity index (χ4n) is 3.72. The lowest BCUT2D eigenvalue weighted by atomic mass is 10.1. The van der Waals surface area contributed by atoms with Crippen LogP contribution in [-0.2, 0) is 17.9 Å². The molecule has 0 aliphatic carbocycles. The van der Waals surface area contributed by atoms with E-state index in [-0.39, 0.29) is 24.4 Å². The van der Waals surface area contributed by atoms with Crippen LogP contribution in [0.1, 0.15) is 25.0 Å². The highest BCUT2D eigenvalue weighted by Gasteiger charge is 2.29. The first-order valence-corrected chi connectivity index (χ1v) is 9.31. The van der Waals surface area contributed by atoms with Crippen LogP contribution in [0.2, 0.25) is 0 Å². The lowest BCUT2D eigenvalue weighted by Crippen LogP contribution is -2.46. The van der Waals surface area contributed by atoms with E-state index in [0.29, 0.717) is 42.1 Å². The van der Waals surface area contributed by atoms with Crippen LogP contribution in [-0.4, -0.2) is 40.5 Å². The van der Waals surface area contributed by atoms with Gasteiger partial charge in [-0.25, -0.2) is 4.39 Å². The summed E-state index contributed by atoms with van der Waals surface area (Å²) in [6, 6.07) is 5.51. The van der Waals surface area contributed by atoms with Gasteiger partial charge in [0.05, 0.1) is 29.9 Å². The highest BCUT2D eigenvalue weighted by Crippen LogP contribution is 2.36. The Hall–Kier alpha value is -2.71. The Labute approximate surface area is 162 Å². The molecule has 148 valence electrons. The van der Waals surface area contributed by atoms with Gasteiger partial charge in [0.25, 0.3) is 0 Å². The minimum absolute atomic E-state index is 0.0299. The zero-order valence-corrected chi connectivity index (χ0v) is 15.9. The quantitative estimate of drug-likeness (QED) is 0.697. The number of anilines is 2. The number of ether oxygens (including phenoxy) is 1. The molecule has 0 saturated carbocycles. The average Bonchev–Trinajstić information content (AvgIpc) is 3.09. The van der Waals surface area contributed by atoms with E-state index in [9.17, 15) is 5.11 Å². The minimum Gasteiger partial charge on any atom is -0.392 e. The molecule has 2 N–H and O–H groups in total. The molecule has 28 heavy (non-hydrogen) atoms. The van der Waals surface area contributed by atoms with E-state index < -0.39 is 5.82 Å². The number of pyridine rings is 1. The molecule has 0 amide bonds. The number of rotatable bonds is 5. The number of hydrogen-bond donors (Lipinski definition) is 2. The van der Waals surface area contributed by atoms with Crippen molar-refractivity contribution in [3.05, 3.63) is 47.5 Å². The molecule has 0 radical (unpaired) electrons. The predicted molar refractivity (Wildman–Crippen MR) is 104 cm³/mol. The normalized spacial score (nSPS) is 19.9. The molecule has 3 aromatic rings. The molecule has 0 bridgehead atoms. The van der Waals surface area contributed by atoms with Gasteiger partial charge in [-0.05, 0) is 37.6 Å². The van der Waals surface area contributed by atoms with E-state index in [1.54, 1.807) is 18.5 Å². The van der Waals surface area contributed by atoms with Crippen molar-refractivity contribution in [3.8, 4) is 0 Å². The van der Waals surface area contributed by atoms with E-state index in [2.05, 4.69) is 15.5 Å². The monoisotopic (exact) mass is 386 g/mol. The Morgan fingerprint density at radius 2 is 1.96 bits per heavy atom. The third kappa shape index (κ3) is 3.53. The molecular weight excluding hydrogens is 363 g/mol. The van der Waals surface area contributed by atoms with Crippen molar-refractivity contribution in [2.45, 2.75) is 39.2 Å². The third-order valence-electron chi connectivity index (χ3n) is 4.87. The van der Waals surface area contributed by atoms with Gasteiger partial charge in [0, 0.05) is 37.6 Å². The SMILES string of the molecule is CC1CN(c2c(CO)cc3c(NCc4ccncc4)noc3c2F)CC(C)O1. The van der Waals surface area contributed by atoms with E-state index in [0.717, 1.165) is 5.56 Å². The maximum Gasteiger partial charge on any atom is 0.206 e. The van der Waals surface area contributed by atoms with Gasteiger partial charge < -0.3 is 24.6 Å². The molecule has 1 saturated heterocycles. The number of morpholine rings is 1. The molecule has 0 spiro atoms. The highest BCUT2D eigenvalue weighted by atomic mass is 19.1. The van der Waals surface area contributed by atoms with Gasteiger partial charge in [-0.3, -0.25) is 4.98 Å². The number of aliphatic hydroxyl groups excluding tert-OH is 1. The largest absolute Gasteiger partial charge is 0.392 e. The lowest BCUT2D eigenvalue weighted by molar-refractivity contribution is -0.00549. The average molecular weight is 386 g/mol. The molecule has 2 aromatic heterocycles. The molecule has 1 aromatic carbocycles. The second-order valence-electron chi connectivity index (χ2n) is 7.14. The van der Waals surface area contributed by atoms with Gasteiger partial charge in [-0.2, -0.15) is 0 Å². The second-order valence-corrected chi connectivity index (χ2v) is 7.14. The van der Waals surface area contributed by atoms with E-state index in [4.69, 9.17) is 9.26 Å². The molecule has 2 atom stereocenters. The summed E-state index contributed by atoms with van der Waals surface area (Å²) in [4.78, 5) is 5.89. The van der Waals surface area contributed by atoms with E-state index >= 15 is 4.39 Å². The maximum absolute atomic E-state index is 15.4. The number of nitrogens with zero attached hydrogens (tertiary/aromatic N) is 3. The molecule has 3 heterocycles. The van der Waals surface area contributed by atoms with Crippen LogP contribution in [0.25, 0.3) is 11.0 Å². The van der Waals surface area contributed by atoms with Crippen LogP contribution in [0.15, 0.2) is 35.1 Å². The molecule has 2 unspecified atom stereocenters. The summed E-state index contributed by atoms with van der Waals surface area (Å²) in [7, 11) is 0. The predicted octanol–water partition coefficient (Wildman–Crippen LogP) is 3.08. The molecular formula is C20H23FN4O3. The Kier molecular flexibility index (Phi) is 5.15. The Balaban J connectivity index is 1.68. The highest BCUT2D eigenvalue weighted by molar-refractivity contribution is 5.92. The minimum atomic E-state index is -0.507. The Bertz CT molecular complexity index is 953. The summed E-state index contributed by atoms with van der Waals surface area (Å²) >= 11 is 0. The topological polar surface area (TPSA) is 83.7 Å². The molecule has 4 rings (SSSR count). The summed E-state index contributed by atoms with van der Waals surface area (Å²) in [5.41, 5.74) is 1.95. The van der Waals surface area contributed by atoms with Gasteiger partial charge in [-0.1, -0.05) is 5.16 Å². The van der Waals surface area contributed by atoms with Crippen molar-refractivity contribution in [2.24, 2.45) is 0 Å². The van der Waals surface area contributed by atoms with E-state index in [1.165, 1.54) is 0 Å². The molecule has 1 aliphatic heterocycles. The lowest BCUT2D eigenvalue weighted by Gasteiger charge is -2.37. The first-order valence-electron chi connectivity index (χ1n) is 9.31. The number of aromatic nitrogens is 2. The van der Waals surface area contributed by atoms with Crippen LogP contribution in [0.3, 0.4) is 0 Å². The molecule has 1 fully saturated rings. The Morgan fingerprint density at radius 1 is 1.25 bits per heavy atom. The van der Waals surface area contributed by atoms with Crippen molar-refractivity contribution in [1.82, 2.24) is 10.1 Å². The smallest absolute Gasteiger partial charge is 0.206 e. The van der Waals surface area contributed by atoms with Gasteiger partial charge in [0.1, 0.15) is 0 Å². The fourth-order valence-corrected chi connectivity index (χ4v) is 3.72. The van der Waals surface area contributed by atoms with Crippen molar-refractivity contribution in [3.63, 3.8) is 0 Å². The first-order chi connectivity index (χ1) is 13.6. The number of halogens is 1. The van der Waals surface area contributed by atoms with Crippen LogP contribution < -0.4 is 10.2 Å². The molecule has 1 aliphatic rings. The fraction of sp³-hybridized carbons (Fsp3) is 0.400. The third-order valence-corrected chi connectivity index (χ3v) is 4.87. The maximum atomic E-state index is 15.4. The summed E-state index contributed by atoms with van der Waals surface area (Å²) in [5, 5.41) is 17.6. The van der Waals surface area contributed by atoms with E-state index in [1.807, 2.05) is 30.9 Å². The summed E-state index contributed by atoms with van der Waals surface area (Å²) in [6.07, 6.45) is 3.35. The summed E-state index contributed by atoms with van der Waals surface area (Å²) in [5.74, 6) is -0.0667. The standard InChI is InChI=1S/C20H23FN4O3/c1-12-9-25(10-13(2)27-12)18-15(11-26)7-16-19(17(18)21)28-24-20(16)23-8-14-3-5-22-6-4-14/h3-7,12-13,26H,8-11H2,1-2H3,(H,23,24). The van der Waals surface area contributed by atoms with Crippen LogP contribution >= 0.6 is 0 Å². The summed E-state index contributed by atoms with van der Waals surface area (Å²) in [6.45, 7) is 5.21. The second kappa shape index (κ2) is 7.73. The number of aliphatic hydroxyl groups is 1. The van der Waals surface area contributed by atoms with Crippen molar-refractivity contribution in [2.75, 3.05) is 23.3 Å². The molecule has 7 nitrogen and oxygen atoms in total. The van der Waals surface area contributed by atoms with Crippen LogP contribution in [0.4, 0.5) is 15.9 Å². The number of benzene rings is 1. The van der Waals surface area contributed by atoms with Crippen LogP contribution in [0, 0.1) is 5.82 Å². The number of fused-ring (bicyclic) bond motifs is 1. The zero-order valence-electron chi connectivity index (χ0n) is 15.9.